The Balaban J connectivity index is 1.96. The van der Waals surface area contributed by atoms with Crippen LogP contribution in [0.1, 0.15) is 21.4 Å². The van der Waals surface area contributed by atoms with E-state index in [4.69, 9.17) is 11.6 Å². The average molecular weight is 338 g/mol. The Morgan fingerprint density at radius 2 is 2.00 bits per heavy atom. The highest BCUT2D eigenvalue weighted by molar-refractivity contribution is 7.16. The molecule has 5 heteroatoms. The minimum absolute atomic E-state index is 0.0836. The zero-order valence-corrected chi connectivity index (χ0v) is 13.7. The van der Waals surface area contributed by atoms with Crippen molar-refractivity contribution in [1.82, 2.24) is 0 Å². The topological polar surface area (TPSA) is 12.0 Å². The van der Waals surface area contributed by atoms with Gasteiger partial charge in [-0.1, -0.05) is 23.7 Å². The Morgan fingerprint density at radius 1 is 1.14 bits per heavy atom. The standard InChI is InChI=1S/C16H13ClFNS2/c1-10-4-5-12(11(18)9-10)19-16(13-3-2-8-20-13)14-6-7-15(17)21-14/h2-9,16,19H,1H3. The lowest BCUT2D eigenvalue weighted by atomic mass is 10.1. The molecule has 0 aliphatic heterocycles. The SMILES string of the molecule is Cc1ccc(NC(c2cccs2)c2ccc(Cl)s2)c(F)c1. The zero-order valence-electron chi connectivity index (χ0n) is 11.3. The molecule has 1 aromatic carbocycles. The van der Waals surface area contributed by atoms with Crippen LogP contribution in [0.2, 0.25) is 4.34 Å². The van der Waals surface area contributed by atoms with Gasteiger partial charge in [-0.05, 0) is 48.2 Å². The van der Waals surface area contributed by atoms with E-state index in [1.54, 1.807) is 17.4 Å². The fraction of sp³-hybridized carbons (Fsp3) is 0.125. The average Bonchev–Trinajstić information content (AvgIpc) is 3.09. The molecule has 2 heterocycles. The van der Waals surface area contributed by atoms with Crippen molar-refractivity contribution in [2.24, 2.45) is 0 Å². The Labute approximate surface area is 136 Å². The maximum absolute atomic E-state index is 14.1. The van der Waals surface area contributed by atoms with E-state index in [1.165, 1.54) is 17.4 Å². The molecule has 0 spiro atoms. The largest absolute Gasteiger partial charge is 0.370 e. The lowest BCUT2D eigenvalue weighted by molar-refractivity contribution is 0.627. The van der Waals surface area contributed by atoms with Crippen LogP contribution in [0.15, 0.2) is 47.8 Å². The first-order valence-corrected chi connectivity index (χ1v) is 8.52. The number of nitrogens with one attached hydrogen (secondary N) is 1. The maximum atomic E-state index is 14.1. The summed E-state index contributed by atoms with van der Waals surface area (Å²) in [5.74, 6) is -0.237. The van der Waals surface area contributed by atoms with Crippen LogP contribution < -0.4 is 5.32 Å². The minimum Gasteiger partial charge on any atom is -0.370 e. The number of hydrogen-bond donors (Lipinski definition) is 1. The molecule has 0 fully saturated rings. The molecule has 3 rings (SSSR count). The maximum Gasteiger partial charge on any atom is 0.146 e. The molecule has 1 nitrogen and oxygen atoms in total. The van der Waals surface area contributed by atoms with Crippen molar-refractivity contribution < 1.29 is 4.39 Å². The van der Waals surface area contributed by atoms with Gasteiger partial charge in [-0.3, -0.25) is 0 Å². The molecular formula is C16H13ClFNS2. The fourth-order valence-corrected chi connectivity index (χ4v) is 4.11. The molecule has 0 radical (unpaired) electrons. The summed E-state index contributed by atoms with van der Waals surface area (Å²) in [5, 5.41) is 5.31. The van der Waals surface area contributed by atoms with Crippen molar-refractivity contribution in [2.45, 2.75) is 13.0 Å². The second-order valence-electron chi connectivity index (χ2n) is 4.72. The van der Waals surface area contributed by atoms with E-state index in [0.717, 1.165) is 19.7 Å². The van der Waals surface area contributed by atoms with Gasteiger partial charge >= 0.3 is 0 Å². The van der Waals surface area contributed by atoms with Crippen LogP contribution in [0.5, 0.6) is 0 Å². The predicted molar refractivity (Wildman–Crippen MR) is 90.3 cm³/mol. The molecule has 0 saturated carbocycles. The summed E-state index contributed by atoms with van der Waals surface area (Å²) in [7, 11) is 0. The molecule has 0 aliphatic rings. The molecule has 0 bridgehead atoms. The van der Waals surface area contributed by atoms with E-state index in [0.29, 0.717) is 5.69 Å². The summed E-state index contributed by atoms with van der Waals surface area (Å²) in [5.41, 5.74) is 1.41. The van der Waals surface area contributed by atoms with Gasteiger partial charge in [0.1, 0.15) is 5.82 Å². The van der Waals surface area contributed by atoms with Gasteiger partial charge in [0, 0.05) is 9.75 Å². The number of benzene rings is 1. The van der Waals surface area contributed by atoms with Crippen LogP contribution in [-0.2, 0) is 0 Å². The highest BCUT2D eigenvalue weighted by atomic mass is 35.5. The molecule has 2 aromatic heterocycles. The molecule has 0 aliphatic carbocycles. The Hall–Kier alpha value is -1.36. The normalized spacial score (nSPS) is 12.3. The Morgan fingerprint density at radius 3 is 2.62 bits per heavy atom. The number of halogens is 2. The first-order chi connectivity index (χ1) is 10.1. The molecular weight excluding hydrogens is 325 g/mol. The molecule has 3 aromatic rings. The highest BCUT2D eigenvalue weighted by Crippen LogP contribution is 2.36. The number of rotatable bonds is 4. The summed E-state index contributed by atoms with van der Waals surface area (Å²) in [6.45, 7) is 1.88. The van der Waals surface area contributed by atoms with Crippen molar-refractivity contribution in [3.8, 4) is 0 Å². The van der Waals surface area contributed by atoms with E-state index in [1.807, 2.05) is 42.6 Å². The lowest BCUT2D eigenvalue weighted by Gasteiger charge is -2.18. The smallest absolute Gasteiger partial charge is 0.146 e. The number of hydrogen-bond acceptors (Lipinski definition) is 3. The van der Waals surface area contributed by atoms with Gasteiger partial charge in [0.15, 0.2) is 0 Å². The Bertz CT molecular complexity index is 737. The van der Waals surface area contributed by atoms with Crippen molar-refractivity contribution >= 4 is 40.0 Å². The lowest BCUT2D eigenvalue weighted by Crippen LogP contribution is -2.10. The van der Waals surface area contributed by atoms with Gasteiger partial charge in [-0.15, -0.1) is 22.7 Å². The van der Waals surface area contributed by atoms with Crippen LogP contribution in [-0.4, -0.2) is 0 Å². The van der Waals surface area contributed by atoms with Crippen molar-refractivity contribution in [2.75, 3.05) is 5.32 Å². The summed E-state index contributed by atoms with van der Waals surface area (Å²) >= 11 is 9.19. The molecule has 0 amide bonds. The Kier molecular flexibility index (Phi) is 4.29. The second kappa shape index (κ2) is 6.18. The zero-order chi connectivity index (χ0) is 14.8. The van der Waals surface area contributed by atoms with Crippen LogP contribution >= 0.6 is 34.3 Å². The monoisotopic (exact) mass is 337 g/mol. The number of thiophene rings is 2. The number of anilines is 1. The second-order valence-corrected chi connectivity index (χ2v) is 7.44. The summed E-state index contributed by atoms with van der Waals surface area (Å²) in [6.07, 6.45) is 0. The van der Waals surface area contributed by atoms with Gasteiger partial charge in [0.25, 0.3) is 0 Å². The molecule has 1 unspecified atom stereocenters. The van der Waals surface area contributed by atoms with Crippen LogP contribution in [0, 0.1) is 12.7 Å². The summed E-state index contributed by atoms with van der Waals surface area (Å²) in [6, 6.07) is 13.0. The van der Waals surface area contributed by atoms with E-state index >= 15 is 0 Å². The summed E-state index contributed by atoms with van der Waals surface area (Å²) in [4.78, 5) is 2.20. The van der Waals surface area contributed by atoms with Crippen molar-refractivity contribution in [1.29, 1.82) is 0 Å². The third kappa shape index (κ3) is 3.28. The summed E-state index contributed by atoms with van der Waals surface area (Å²) < 4.78 is 14.8. The third-order valence-electron chi connectivity index (χ3n) is 3.13. The van der Waals surface area contributed by atoms with Crippen LogP contribution in [0.3, 0.4) is 0 Å². The quantitative estimate of drug-likeness (QED) is 0.605. The first kappa shape index (κ1) is 14.6. The molecule has 1 N–H and O–H groups in total. The van der Waals surface area contributed by atoms with E-state index in [-0.39, 0.29) is 11.9 Å². The van der Waals surface area contributed by atoms with E-state index < -0.39 is 0 Å². The molecule has 1 atom stereocenters. The highest BCUT2D eigenvalue weighted by Gasteiger charge is 2.18. The van der Waals surface area contributed by atoms with Gasteiger partial charge in [-0.25, -0.2) is 4.39 Å². The van der Waals surface area contributed by atoms with E-state index in [9.17, 15) is 4.39 Å². The molecule has 21 heavy (non-hydrogen) atoms. The molecule has 0 saturated heterocycles. The van der Waals surface area contributed by atoms with Crippen molar-refractivity contribution in [3.05, 3.63) is 73.3 Å². The fourth-order valence-electron chi connectivity index (χ4n) is 2.11. The first-order valence-electron chi connectivity index (χ1n) is 6.45. The predicted octanol–water partition coefficient (Wildman–Crippen LogP) is 6.11. The van der Waals surface area contributed by atoms with E-state index in [2.05, 4.69) is 5.32 Å². The van der Waals surface area contributed by atoms with Crippen LogP contribution in [0.25, 0.3) is 0 Å². The minimum atomic E-state index is -0.237. The van der Waals surface area contributed by atoms with Gasteiger partial charge in [0.2, 0.25) is 0 Å². The van der Waals surface area contributed by atoms with Crippen LogP contribution in [0.4, 0.5) is 10.1 Å². The molecule has 108 valence electrons. The number of aryl methyl sites for hydroxylation is 1. The third-order valence-corrected chi connectivity index (χ3v) is 5.36. The van der Waals surface area contributed by atoms with Gasteiger partial charge in [-0.2, -0.15) is 0 Å². The van der Waals surface area contributed by atoms with Gasteiger partial charge < -0.3 is 5.32 Å². The van der Waals surface area contributed by atoms with Gasteiger partial charge in [0.05, 0.1) is 16.1 Å². The van der Waals surface area contributed by atoms with Crippen molar-refractivity contribution in [3.63, 3.8) is 0 Å².